The number of methoxy groups -OCH3 is 1. The van der Waals surface area contributed by atoms with Crippen LogP contribution in [0.4, 0.5) is 0 Å². The van der Waals surface area contributed by atoms with E-state index >= 15 is 0 Å². The predicted molar refractivity (Wildman–Crippen MR) is 149 cm³/mol. The quantitative estimate of drug-likeness (QED) is 0.105. The maximum absolute atomic E-state index is 12.4. The average Bonchev–Trinajstić information content (AvgIpc) is 3.39. The number of alkyl halides is 1. The van der Waals surface area contributed by atoms with Gasteiger partial charge in [0.15, 0.2) is 0 Å². The van der Waals surface area contributed by atoms with E-state index in [4.69, 9.17) is 0 Å². The Hall–Kier alpha value is -2.51. The van der Waals surface area contributed by atoms with Gasteiger partial charge in [-0.05, 0) is 37.7 Å². The van der Waals surface area contributed by atoms with E-state index in [9.17, 15) is 19.2 Å². The number of benzene rings is 1. The Morgan fingerprint density at radius 2 is 1.68 bits per heavy atom. The topological polar surface area (TPSA) is 117 Å². The molecule has 2 rings (SSSR count). The normalized spacial score (nSPS) is 10.2. The van der Waals surface area contributed by atoms with E-state index in [1.807, 2.05) is 24.3 Å². The molecule has 1 heterocycles. The van der Waals surface area contributed by atoms with Gasteiger partial charge in [0.2, 0.25) is 5.91 Å². The summed E-state index contributed by atoms with van der Waals surface area (Å²) in [5.41, 5.74) is 1.44. The van der Waals surface area contributed by atoms with Gasteiger partial charge in [-0.1, -0.05) is 58.9 Å². The van der Waals surface area contributed by atoms with Crippen molar-refractivity contribution in [2.45, 2.75) is 51.4 Å². The molecule has 0 unspecified atom stereocenters. The second kappa shape index (κ2) is 17.9. The fourth-order valence-corrected chi connectivity index (χ4v) is 4.50. The van der Waals surface area contributed by atoms with Crippen molar-refractivity contribution in [3.63, 3.8) is 0 Å². The van der Waals surface area contributed by atoms with Crippen molar-refractivity contribution in [3.8, 4) is 10.6 Å². The minimum Gasteiger partial charge on any atom is -0.617 e. The molecule has 0 fully saturated rings. The third kappa shape index (κ3) is 11.5. The van der Waals surface area contributed by atoms with Crippen LogP contribution in [0, 0.1) is 0 Å². The fourth-order valence-electron chi connectivity index (χ4n) is 3.30. The molecule has 0 radical (unpaired) electrons. The van der Waals surface area contributed by atoms with Crippen LogP contribution in [0.1, 0.15) is 61.0 Å². The summed E-state index contributed by atoms with van der Waals surface area (Å²) in [6, 6.07) is 7.93. The maximum Gasteiger partial charge on any atom is 1.00 e. The second-order valence-electron chi connectivity index (χ2n) is 8.27. The van der Waals surface area contributed by atoms with Gasteiger partial charge in [-0.15, -0.1) is 17.9 Å². The molecule has 0 aliphatic rings. The van der Waals surface area contributed by atoms with E-state index in [1.165, 1.54) is 16.9 Å². The fraction of sp³-hybridized carbons (Fsp3) is 0.370. The van der Waals surface area contributed by atoms with E-state index in [2.05, 4.69) is 49.4 Å². The number of thiazole rings is 1. The number of hydrogen-bond acceptors (Lipinski definition) is 7. The van der Waals surface area contributed by atoms with Gasteiger partial charge in [-0.2, -0.15) is 0 Å². The van der Waals surface area contributed by atoms with Crippen molar-refractivity contribution in [1.82, 2.24) is 10.3 Å². The number of unbranched alkanes of at least 4 members (excludes halogenated alkanes) is 3. The summed E-state index contributed by atoms with van der Waals surface area (Å²) >= 11 is 4.69. The smallest absolute Gasteiger partial charge is 0.617 e. The number of nitrogens with one attached hydrogen (secondary N) is 1. The van der Waals surface area contributed by atoms with Crippen LogP contribution >= 0.6 is 27.3 Å². The van der Waals surface area contributed by atoms with Crippen molar-refractivity contribution in [2.24, 2.45) is 0 Å². The monoisotopic (exact) mass is 595 g/mol. The van der Waals surface area contributed by atoms with Gasteiger partial charge in [-0.3, -0.25) is 9.59 Å². The molecular weight excluding hydrogens is 565 g/mol. The summed E-state index contributed by atoms with van der Waals surface area (Å²) in [6.07, 6.45) is 7.23. The van der Waals surface area contributed by atoms with E-state index in [1.54, 1.807) is 5.38 Å². The van der Waals surface area contributed by atoms with E-state index in [0.717, 1.165) is 56.5 Å². The molecular formula is C27H31BrLiN3O5S. The molecule has 2 aromatic rings. The van der Waals surface area contributed by atoms with Gasteiger partial charge < -0.3 is 20.2 Å². The van der Waals surface area contributed by atoms with Crippen molar-refractivity contribution < 1.29 is 42.8 Å². The number of ether oxygens (including phenoxy) is 1. The van der Waals surface area contributed by atoms with Gasteiger partial charge in [-0.25, -0.2) is 9.78 Å². The number of carbonyl (C=O) groups is 4. The first-order valence-corrected chi connectivity index (χ1v) is 13.9. The first kappa shape index (κ1) is 33.5. The third-order valence-electron chi connectivity index (χ3n) is 5.38. The minimum atomic E-state index is -0.843. The number of rotatable bonds is 16. The number of ketones is 1. The zero-order valence-electron chi connectivity index (χ0n) is 21.9. The minimum absolute atomic E-state index is 0. The number of esters is 1. The molecule has 1 aromatic heterocycles. The van der Waals surface area contributed by atoms with Crippen LogP contribution in [0.25, 0.3) is 15.9 Å². The molecule has 8 nitrogen and oxygen atoms in total. The molecule has 0 spiro atoms. The Morgan fingerprint density at radius 3 is 2.32 bits per heavy atom. The summed E-state index contributed by atoms with van der Waals surface area (Å²) in [5, 5.41) is 9.03. The maximum atomic E-state index is 12.4. The number of hydrogen-bond donors (Lipinski definition) is 1. The number of amides is 2. The molecule has 0 atom stereocenters. The van der Waals surface area contributed by atoms with Gasteiger partial charge in [0, 0.05) is 29.1 Å². The molecule has 1 aromatic carbocycles. The second-order valence-corrected chi connectivity index (χ2v) is 9.92. The Kier molecular flexibility index (Phi) is 15.8. The first-order chi connectivity index (χ1) is 17.7. The van der Waals surface area contributed by atoms with Crippen LogP contribution < -0.4 is 24.2 Å². The molecule has 0 saturated heterocycles. The molecule has 38 heavy (non-hydrogen) atoms. The first-order valence-electron chi connectivity index (χ1n) is 11.9. The molecule has 198 valence electrons. The molecule has 0 aliphatic carbocycles. The number of carbonyl (C=O) groups excluding carboxylic acids is 4. The van der Waals surface area contributed by atoms with Crippen LogP contribution in [0.5, 0.6) is 0 Å². The SMILES string of the molecule is C=C([N-]C(=O)c1csc(-c2ccc(CCCCC(=O)CCCCCBr)cc2)n1)C(=O)NC(=C)C(=O)OC.[Li+]. The number of nitrogens with zero attached hydrogens (tertiary/aromatic N) is 2. The number of aryl methyl sites for hydroxylation is 1. The van der Waals surface area contributed by atoms with Gasteiger partial charge in [0.05, 0.1) is 12.8 Å². The van der Waals surface area contributed by atoms with E-state index in [0.29, 0.717) is 23.6 Å². The van der Waals surface area contributed by atoms with Crippen molar-refractivity contribution >= 4 is 50.8 Å². The molecule has 11 heteroatoms. The molecule has 0 bridgehead atoms. The van der Waals surface area contributed by atoms with Crippen LogP contribution in [0.15, 0.2) is 54.2 Å². The number of halogens is 1. The Morgan fingerprint density at radius 1 is 1.03 bits per heavy atom. The van der Waals surface area contributed by atoms with Crippen LogP contribution in [0.3, 0.4) is 0 Å². The van der Waals surface area contributed by atoms with Crippen molar-refractivity contribution in [3.05, 3.63) is 70.8 Å². The van der Waals surface area contributed by atoms with Crippen molar-refractivity contribution in [1.29, 1.82) is 0 Å². The predicted octanol–water partition coefficient (Wildman–Crippen LogP) is 2.88. The summed E-state index contributed by atoms with van der Waals surface area (Å²) in [4.78, 5) is 52.0. The average molecular weight is 596 g/mol. The third-order valence-corrected chi connectivity index (χ3v) is 6.83. The zero-order valence-corrected chi connectivity index (χ0v) is 24.3. The van der Waals surface area contributed by atoms with Gasteiger partial charge >= 0.3 is 24.8 Å². The largest absolute Gasteiger partial charge is 1.00 e. The van der Waals surface area contributed by atoms with Gasteiger partial charge in [0.1, 0.15) is 22.4 Å². The molecule has 0 saturated carbocycles. The Bertz CT molecular complexity index is 1130. The standard InChI is InChI=1S/C27H32BrN3O5S.Li/c1-18(24(33)30-19(2)27(35)36-3)29-25(34)23-17-37-26(31-23)21-14-12-20(13-15-21)9-6-7-11-22(32)10-5-4-8-16-28;/h12-15,17H,1-2,4-11,16H2,3H3,(H2,29,30,33,34);/q;+1/p-1. The van der Waals surface area contributed by atoms with Crippen molar-refractivity contribution in [2.75, 3.05) is 12.4 Å². The summed E-state index contributed by atoms with van der Waals surface area (Å²) in [6.45, 7) is 6.83. The molecule has 2 amide bonds. The summed E-state index contributed by atoms with van der Waals surface area (Å²) < 4.78 is 4.44. The van der Waals surface area contributed by atoms with Crippen LogP contribution in [-0.4, -0.2) is 41.0 Å². The summed E-state index contributed by atoms with van der Waals surface area (Å²) in [5.74, 6) is -2.03. The molecule has 1 N–H and O–H groups in total. The Labute approximate surface area is 248 Å². The molecule has 0 aliphatic heterocycles. The van der Waals surface area contributed by atoms with E-state index < -0.39 is 17.8 Å². The number of aromatic nitrogens is 1. The van der Waals surface area contributed by atoms with Crippen LogP contribution in [-0.2, 0) is 25.5 Å². The number of Topliss-reactive ketones (excluding diaryl/α,β-unsaturated/α-hetero) is 1. The van der Waals surface area contributed by atoms with Crippen LogP contribution in [0.2, 0.25) is 0 Å². The summed E-state index contributed by atoms with van der Waals surface area (Å²) in [7, 11) is 1.15. The van der Waals surface area contributed by atoms with E-state index in [-0.39, 0.29) is 35.9 Å². The Balaban J connectivity index is 0.00000722. The van der Waals surface area contributed by atoms with Gasteiger partial charge in [0.25, 0.3) is 0 Å². The zero-order chi connectivity index (χ0) is 27.2.